The van der Waals surface area contributed by atoms with Crippen molar-refractivity contribution in [2.75, 3.05) is 11.9 Å². The summed E-state index contributed by atoms with van der Waals surface area (Å²) in [5.74, 6) is 0.474. The molecule has 0 saturated carbocycles. The first kappa shape index (κ1) is 23.7. The van der Waals surface area contributed by atoms with Gasteiger partial charge in [-0.2, -0.15) is 0 Å². The summed E-state index contributed by atoms with van der Waals surface area (Å²) in [5, 5.41) is 13.6. The van der Waals surface area contributed by atoms with E-state index >= 15 is 0 Å². The second kappa shape index (κ2) is 11.6. The van der Waals surface area contributed by atoms with Crippen molar-refractivity contribution in [2.24, 2.45) is 0 Å². The van der Waals surface area contributed by atoms with Crippen LogP contribution in [0.2, 0.25) is 5.02 Å². The Morgan fingerprint density at radius 3 is 2.35 bits per heavy atom. The predicted molar refractivity (Wildman–Crippen MR) is 137 cm³/mol. The smallest absolute Gasteiger partial charge is 0.240 e. The molecule has 0 aliphatic carbocycles. The van der Waals surface area contributed by atoms with Gasteiger partial charge in [-0.1, -0.05) is 66.2 Å². The maximum absolute atomic E-state index is 9.50. The van der Waals surface area contributed by atoms with Crippen LogP contribution in [0, 0.1) is 0 Å². The van der Waals surface area contributed by atoms with Crippen LogP contribution in [0.4, 0.5) is 5.69 Å². The molecule has 1 aromatic heterocycles. The van der Waals surface area contributed by atoms with Crippen molar-refractivity contribution >= 4 is 17.3 Å². The van der Waals surface area contributed by atoms with Crippen molar-refractivity contribution in [3.63, 3.8) is 0 Å². The van der Waals surface area contributed by atoms with Crippen LogP contribution in [0.25, 0.3) is 11.3 Å². The number of benzene rings is 3. The molecule has 5 nitrogen and oxygen atoms in total. The monoisotopic (exact) mass is 473 g/mol. The zero-order chi connectivity index (χ0) is 23.8. The summed E-state index contributed by atoms with van der Waals surface area (Å²) in [6.45, 7) is 2.96. The average molecular weight is 474 g/mol. The first-order valence-electron chi connectivity index (χ1n) is 11.4. The van der Waals surface area contributed by atoms with Gasteiger partial charge in [0.1, 0.15) is 12.3 Å². The summed E-state index contributed by atoms with van der Waals surface area (Å²) in [4.78, 5) is 8.85. The van der Waals surface area contributed by atoms with Crippen molar-refractivity contribution in [2.45, 2.75) is 32.5 Å². The quantitative estimate of drug-likeness (QED) is 0.297. The highest BCUT2D eigenvalue weighted by Crippen LogP contribution is 2.28. The van der Waals surface area contributed by atoms with E-state index in [4.69, 9.17) is 16.3 Å². The van der Waals surface area contributed by atoms with E-state index in [1.807, 2.05) is 55.5 Å². The van der Waals surface area contributed by atoms with E-state index in [0.29, 0.717) is 29.6 Å². The molecular weight excluding hydrogens is 446 g/mol. The highest BCUT2D eigenvalue weighted by Gasteiger charge is 2.10. The van der Waals surface area contributed by atoms with E-state index in [1.54, 1.807) is 12.4 Å². The minimum absolute atomic E-state index is 0.317. The van der Waals surface area contributed by atoms with Gasteiger partial charge in [0, 0.05) is 40.8 Å². The van der Waals surface area contributed by atoms with Crippen LogP contribution in [0.5, 0.6) is 5.88 Å². The first-order valence-corrected chi connectivity index (χ1v) is 11.7. The van der Waals surface area contributed by atoms with Gasteiger partial charge < -0.3 is 15.2 Å². The molecular formula is C28H28ClN3O2. The zero-order valence-corrected chi connectivity index (χ0v) is 19.9. The number of aromatic nitrogens is 2. The SMILES string of the molecule is CC(O)Cc1ccc(CCNc2ccc(-c3nccnc3OCc3ccccc3Cl)cc2)cc1. The third-order valence-electron chi connectivity index (χ3n) is 5.44. The molecule has 0 fully saturated rings. The molecule has 0 amide bonds. The number of hydrogen-bond acceptors (Lipinski definition) is 5. The van der Waals surface area contributed by atoms with Crippen LogP contribution < -0.4 is 10.1 Å². The molecule has 0 spiro atoms. The number of rotatable bonds is 10. The van der Waals surface area contributed by atoms with Crippen molar-refractivity contribution in [1.82, 2.24) is 9.97 Å². The van der Waals surface area contributed by atoms with Gasteiger partial charge in [-0.05, 0) is 49.1 Å². The molecule has 0 radical (unpaired) electrons. The normalized spacial score (nSPS) is 11.7. The largest absolute Gasteiger partial charge is 0.471 e. The molecule has 0 aliphatic heterocycles. The molecule has 2 N–H and O–H groups in total. The molecule has 4 aromatic rings. The Balaban J connectivity index is 1.34. The summed E-state index contributed by atoms with van der Waals surface area (Å²) in [6.07, 6.45) is 4.57. The van der Waals surface area contributed by atoms with Gasteiger partial charge in [0.25, 0.3) is 0 Å². The average Bonchev–Trinajstić information content (AvgIpc) is 2.85. The number of anilines is 1. The van der Waals surface area contributed by atoms with Crippen LogP contribution >= 0.6 is 11.6 Å². The maximum atomic E-state index is 9.50. The van der Waals surface area contributed by atoms with Crippen molar-refractivity contribution in [3.05, 3.63) is 107 Å². The number of aliphatic hydroxyl groups is 1. The van der Waals surface area contributed by atoms with E-state index in [-0.39, 0.29) is 6.10 Å². The van der Waals surface area contributed by atoms with Crippen LogP contribution in [0.3, 0.4) is 0 Å². The number of ether oxygens (including phenoxy) is 1. The molecule has 34 heavy (non-hydrogen) atoms. The first-order chi connectivity index (χ1) is 16.6. The second-order valence-corrected chi connectivity index (χ2v) is 8.62. The summed E-state index contributed by atoms with van der Waals surface area (Å²) in [5.41, 5.74) is 5.98. The number of aliphatic hydroxyl groups excluding tert-OH is 1. The van der Waals surface area contributed by atoms with Gasteiger partial charge in [0.15, 0.2) is 0 Å². The molecule has 1 atom stereocenters. The number of halogens is 1. The minimum atomic E-state index is -0.317. The van der Waals surface area contributed by atoms with Gasteiger partial charge in [-0.15, -0.1) is 0 Å². The topological polar surface area (TPSA) is 67.3 Å². The third kappa shape index (κ3) is 6.56. The number of nitrogens with zero attached hydrogens (tertiary/aromatic N) is 2. The Bertz CT molecular complexity index is 1190. The van der Waals surface area contributed by atoms with Crippen molar-refractivity contribution in [3.8, 4) is 17.1 Å². The van der Waals surface area contributed by atoms with E-state index in [1.165, 1.54) is 5.56 Å². The van der Waals surface area contributed by atoms with Crippen LogP contribution in [-0.2, 0) is 19.4 Å². The molecule has 0 bridgehead atoms. The Morgan fingerprint density at radius 1 is 0.912 bits per heavy atom. The molecule has 4 rings (SSSR count). The Morgan fingerprint density at radius 2 is 1.62 bits per heavy atom. The lowest BCUT2D eigenvalue weighted by Gasteiger charge is -2.11. The maximum Gasteiger partial charge on any atom is 0.240 e. The molecule has 6 heteroatoms. The lowest BCUT2D eigenvalue weighted by molar-refractivity contribution is 0.195. The highest BCUT2D eigenvalue weighted by molar-refractivity contribution is 6.31. The minimum Gasteiger partial charge on any atom is -0.471 e. The molecule has 1 heterocycles. The predicted octanol–water partition coefficient (Wildman–Crippen LogP) is 5.95. The van der Waals surface area contributed by atoms with Gasteiger partial charge in [0.05, 0.1) is 6.10 Å². The Hall–Kier alpha value is -3.41. The van der Waals surface area contributed by atoms with Gasteiger partial charge in [-0.3, -0.25) is 0 Å². The van der Waals surface area contributed by atoms with E-state index in [9.17, 15) is 5.11 Å². The summed E-state index contributed by atoms with van der Waals surface area (Å²) < 4.78 is 5.94. The molecule has 174 valence electrons. The lowest BCUT2D eigenvalue weighted by atomic mass is 10.0. The summed E-state index contributed by atoms with van der Waals surface area (Å²) in [7, 11) is 0. The summed E-state index contributed by atoms with van der Waals surface area (Å²) in [6, 6.07) is 24.1. The van der Waals surface area contributed by atoms with Crippen LogP contribution in [0.1, 0.15) is 23.6 Å². The van der Waals surface area contributed by atoms with Gasteiger partial charge >= 0.3 is 0 Å². The second-order valence-electron chi connectivity index (χ2n) is 8.21. The van der Waals surface area contributed by atoms with Gasteiger partial charge in [0.2, 0.25) is 5.88 Å². The van der Waals surface area contributed by atoms with Crippen molar-refractivity contribution in [1.29, 1.82) is 0 Å². The molecule has 1 unspecified atom stereocenters. The molecule has 0 saturated heterocycles. The number of nitrogens with one attached hydrogen (secondary N) is 1. The lowest BCUT2D eigenvalue weighted by Crippen LogP contribution is -2.06. The van der Waals surface area contributed by atoms with E-state index < -0.39 is 0 Å². The Labute approximate surface area is 205 Å². The fourth-order valence-electron chi connectivity index (χ4n) is 3.67. The zero-order valence-electron chi connectivity index (χ0n) is 19.1. The van der Waals surface area contributed by atoms with Crippen molar-refractivity contribution < 1.29 is 9.84 Å². The van der Waals surface area contributed by atoms with Crippen LogP contribution in [-0.4, -0.2) is 27.7 Å². The fourth-order valence-corrected chi connectivity index (χ4v) is 3.86. The fraction of sp³-hybridized carbons (Fsp3) is 0.214. The van der Waals surface area contributed by atoms with E-state index in [2.05, 4.69) is 39.6 Å². The third-order valence-corrected chi connectivity index (χ3v) is 5.81. The van der Waals surface area contributed by atoms with Crippen LogP contribution in [0.15, 0.2) is 85.2 Å². The molecule has 0 aliphatic rings. The summed E-state index contributed by atoms with van der Waals surface area (Å²) >= 11 is 6.24. The standard InChI is InChI=1S/C28H28ClN3O2/c1-20(33)18-22-8-6-21(7-9-22)14-15-30-25-12-10-23(11-13-25)27-28(32-17-16-31-27)34-19-24-4-2-3-5-26(24)29/h2-13,16-17,20,30,33H,14-15,18-19H2,1H3. The molecule has 3 aromatic carbocycles. The van der Waals surface area contributed by atoms with E-state index in [0.717, 1.165) is 35.3 Å². The highest BCUT2D eigenvalue weighted by atomic mass is 35.5. The Kier molecular flexibility index (Phi) is 8.12. The van der Waals surface area contributed by atoms with Gasteiger partial charge in [-0.25, -0.2) is 9.97 Å². The number of hydrogen-bond donors (Lipinski definition) is 2.